The maximum Gasteiger partial charge on any atom is 1.00 e. The molecule has 0 bridgehead atoms. The monoisotopic (exact) mass is 2080 g/mol. The van der Waals surface area contributed by atoms with Crippen molar-refractivity contribution in [1.82, 2.24) is 0 Å². The molecular weight excluding hydrogens is 2000 g/mol. The van der Waals surface area contributed by atoms with Crippen LogP contribution in [0.1, 0.15) is 97.5 Å². The number of benzene rings is 7. The summed E-state index contributed by atoms with van der Waals surface area (Å²) in [6.07, 6.45) is 9.74. The Morgan fingerprint density at radius 3 is 1.14 bits per heavy atom. The summed E-state index contributed by atoms with van der Waals surface area (Å²) in [4.78, 5) is 10.8. The summed E-state index contributed by atoms with van der Waals surface area (Å²) in [7, 11) is 8.38. The van der Waals surface area contributed by atoms with Gasteiger partial charge in [0.2, 0.25) is 6.20 Å². The molecule has 8 aromatic rings. The van der Waals surface area contributed by atoms with Gasteiger partial charge >= 0.3 is 176 Å². The summed E-state index contributed by atoms with van der Waals surface area (Å²) in [5.41, 5.74) is 6.44. The van der Waals surface area contributed by atoms with Crippen molar-refractivity contribution in [3.8, 4) is 51.7 Å². The number of methoxy groups -OCH3 is 5. The van der Waals surface area contributed by atoms with Crippen molar-refractivity contribution in [2.24, 2.45) is 0 Å². The molecule has 8 rings (SSSR count). The number of nitrogens with zero attached hydrogens (tertiary/aromatic N) is 1. The molecule has 13 nitrogen and oxygen atoms in total. The van der Waals surface area contributed by atoms with E-state index in [4.69, 9.17) is 60.9 Å². The zero-order valence-electron chi connectivity index (χ0n) is 56.8. The average Bonchev–Trinajstić information content (AvgIpc) is 0.814. The van der Waals surface area contributed by atoms with Crippen LogP contribution in [0.15, 0.2) is 170 Å². The summed E-state index contributed by atoms with van der Waals surface area (Å²) in [5.74, 6) is 4.75. The first kappa shape index (κ1) is 98.2. The fourth-order valence-electron chi connectivity index (χ4n) is 8.50. The third kappa shape index (κ3) is 46.5. The molecule has 96 heavy (non-hydrogen) atoms. The van der Waals surface area contributed by atoms with E-state index in [0.29, 0.717) is 20.8 Å². The number of aromatic hydroxyl groups is 4. The molecule has 0 atom stereocenters. The van der Waals surface area contributed by atoms with Crippen LogP contribution in [0.4, 0.5) is 0 Å². The largest absolute Gasteiger partial charge is 1.00 e. The van der Waals surface area contributed by atoms with Gasteiger partial charge in [0.25, 0.3) is 5.24 Å². The van der Waals surface area contributed by atoms with E-state index in [1.54, 1.807) is 81.6 Å². The van der Waals surface area contributed by atoms with Gasteiger partial charge in [-0.15, -0.1) is 47.3 Å². The second kappa shape index (κ2) is 56.6. The molecule has 0 saturated carbocycles. The molecule has 0 amide bonds. The molecule has 522 valence electrons. The van der Waals surface area contributed by atoms with Gasteiger partial charge in [0.1, 0.15) is 51.0 Å². The third-order valence-electron chi connectivity index (χ3n) is 12.7. The van der Waals surface area contributed by atoms with E-state index in [1.807, 2.05) is 98.0 Å². The molecule has 7 N–H and O–H groups in total. The van der Waals surface area contributed by atoms with E-state index in [-0.39, 0.29) is 61.2 Å². The first-order valence-corrected chi connectivity index (χ1v) is 45.0. The molecule has 1 heterocycles. The quantitative estimate of drug-likeness (QED) is 0.0153. The van der Waals surface area contributed by atoms with Crippen LogP contribution in [0.25, 0.3) is 0 Å². The van der Waals surface area contributed by atoms with Gasteiger partial charge < -0.3 is 57.5 Å². The second-order valence-electron chi connectivity index (χ2n) is 20.8. The minimum Gasteiger partial charge on any atom is -0.705 e. The average molecular weight is 2090 g/mol. The number of halogens is 9. The van der Waals surface area contributed by atoms with Gasteiger partial charge in [0, 0.05) is 44.3 Å². The normalized spacial score (nSPS) is 9.65. The number of aromatic nitrogens is 1. The minimum atomic E-state index is -2.29. The number of carbonyl (C=O) groups is 1. The van der Waals surface area contributed by atoms with Crippen molar-refractivity contribution in [1.29, 1.82) is 0 Å². The van der Waals surface area contributed by atoms with Crippen molar-refractivity contribution in [2.75, 3.05) is 35.5 Å². The Labute approximate surface area is 684 Å². The predicted octanol–water partition coefficient (Wildman–Crippen LogP) is 18.6. The van der Waals surface area contributed by atoms with E-state index < -0.39 is 23.6 Å². The number of ether oxygens (including phenoxy) is 5. The second-order valence-corrected chi connectivity index (χ2v) is 46.5. The fraction of sp³-hybridized carbons (Fsp3) is 0.314. The van der Waals surface area contributed by atoms with Gasteiger partial charge in [0.15, 0.2) is 0 Å². The van der Waals surface area contributed by atoms with Crippen LogP contribution in [0.5, 0.6) is 51.7 Å². The van der Waals surface area contributed by atoms with E-state index in [0.717, 1.165) is 45.8 Å². The van der Waals surface area contributed by atoms with Crippen LogP contribution in [0.2, 0.25) is 13.3 Å². The zero-order chi connectivity index (χ0) is 71.5. The van der Waals surface area contributed by atoms with Gasteiger partial charge in [-0.3, -0.25) is 10.0 Å². The van der Waals surface area contributed by atoms with Crippen LogP contribution >= 0.6 is 152 Å². The van der Waals surface area contributed by atoms with Gasteiger partial charge in [-0.2, -0.15) is 0 Å². The van der Waals surface area contributed by atoms with E-state index >= 15 is 0 Å². The first-order valence-electron chi connectivity index (χ1n) is 29.4. The molecule has 0 aliphatic heterocycles. The Kier molecular flexibility index (Phi) is 57.9. The summed E-state index contributed by atoms with van der Waals surface area (Å²) in [6, 6.07) is 44.2. The summed E-state index contributed by atoms with van der Waals surface area (Å²) >= 11 is 31.1. The van der Waals surface area contributed by atoms with Crippen molar-refractivity contribution in [3.05, 3.63) is 206 Å². The number of hydrogen-bond donors (Lipinski definition) is 5. The summed E-state index contributed by atoms with van der Waals surface area (Å²) < 4.78 is 38.0. The summed E-state index contributed by atoms with van der Waals surface area (Å²) in [5, 5.41) is 44.0. The Morgan fingerprint density at radius 1 is 0.500 bits per heavy atom. The van der Waals surface area contributed by atoms with Gasteiger partial charge in [-0.1, -0.05) is 53.9 Å². The van der Waals surface area contributed by atoms with Crippen LogP contribution in [-0.4, -0.2) is 93.5 Å². The molecule has 0 saturated heterocycles. The van der Waals surface area contributed by atoms with E-state index in [9.17, 15) is 4.79 Å². The SMILES string of the molecule is BrB(Br)Br.CCC[CH2][Sn]([CH2]CCC)([CH2]CCC)[c]1cc(C)cc(OC)c1.COc1cc(C)cc(Br)c1.COc1cc(C)cc(Br)c1.COc1cc(C)cc(C(=O)Cl)c1.COc1cc(C)cc(I)c1.O.O[n+]1ccccc1[S-].Oc1cc(O)cc(Br)c1.Oc1cc(O)cc(I)c1.[Na+]. The van der Waals surface area contributed by atoms with Crippen molar-refractivity contribution >= 4 is 195 Å². The van der Waals surface area contributed by atoms with Crippen LogP contribution in [0, 0.1) is 41.8 Å². The maximum atomic E-state index is 10.8. The predicted molar refractivity (Wildman–Crippen MR) is 437 cm³/mol. The number of carbonyl (C=O) groups excluding carboxylic acids is 1. The third-order valence-corrected chi connectivity index (χ3v) is 31.4. The number of phenolic OH excluding ortho intramolecular Hbond substituents is 4. The van der Waals surface area contributed by atoms with Crippen LogP contribution in [0.3, 0.4) is 0 Å². The molecule has 0 unspecified atom stereocenters. The maximum absolute atomic E-state index is 10.8. The van der Waals surface area contributed by atoms with Crippen molar-refractivity contribution in [3.63, 3.8) is 0 Å². The first-order chi connectivity index (χ1) is 44.3. The smallest absolute Gasteiger partial charge is 0.705 e. The number of pyridine rings is 1. The molecular formula is C70H89BBr6ClI2NNaO12SSn+. The van der Waals surface area contributed by atoms with E-state index in [1.165, 1.54) is 108 Å². The standard InChI is InChI=1S/C9H9ClO2.2C8H9BrO.C8H9IO.C8H9O.C6H5BrO2.C6H5IO2.C5H5NOS.3C4H9.BBr3.Na.H2O.Sn/c1-6-3-7(9(10)11)5-8(4-6)12-2;3*1-6-3-7(9)5-8(4-6)10-2;1-7-4-3-5-8(6-7)9-2;2*7-4-1-5(8)3-6(9)2-4;7-6-4-2-1-3-5(6)8;3*1-3-4-2;2-1(3)4;;;/h3-5H,1-2H3;3*3-5H,1-2H3;4-6H,1-2H3;2*1-3,8-9H;1-4,7H;3*1,3-4H2,2H3;;;1H2;/q;;;;;;;;;;;;+1;;. The molecule has 0 fully saturated rings. The van der Waals surface area contributed by atoms with Gasteiger partial charge in [-0.05, 0) is 215 Å². The number of rotatable bonds is 16. The summed E-state index contributed by atoms with van der Waals surface area (Å²) in [6.45, 7) is 17.3. The number of phenols is 4. The van der Waals surface area contributed by atoms with Crippen LogP contribution in [-0.2, 0) is 12.6 Å². The molecule has 7 aromatic carbocycles. The topological polar surface area (TPSA) is 200 Å². The Hall–Kier alpha value is -1.97. The van der Waals surface area contributed by atoms with Gasteiger partial charge in [-0.25, -0.2) is 0 Å². The number of hydrogen-bond acceptors (Lipinski definition) is 12. The van der Waals surface area contributed by atoms with Crippen molar-refractivity contribution in [2.45, 2.75) is 112 Å². The molecule has 0 spiro atoms. The van der Waals surface area contributed by atoms with Crippen molar-refractivity contribution < 1.29 is 93.9 Å². The van der Waals surface area contributed by atoms with Crippen LogP contribution < -0.4 is 61.6 Å². The molecule has 0 aliphatic rings. The fourth-order valence-corrected chi connectivity index (χ4v) is 28.1. The Balaban J connectivity index is -0.00000104. The Bertz CT molecular complexity index is 3110. The minimum absolute atomic E-state index is 0. The molecule has 1 aromatic heterocycles. The zero-order valence-corrected chi connectivity index (χ0v) is 77.1. The van der Waals surface area contributed by atoms with Gasteiger partial charge in [0.05, 0.1) is 28.4 Å². The molecule has 0 radical (unpaired) electrons. The molecule has 0 aliphatic carbocycles. The van der Waals surface area contributed by atoms with E-state index in [2.05, 4.69) is 189 Å². The Morgan fingerprint density at radius 2 is 0.823 bits per heavy atom. The molecule has 26 heteroatoms. The number of unbranched alkanes of at least 4 members (excludes halogenated alkanes) is 3. The number of aryl methyl sites for hydroxylation is 5.